The SMILES string of the molecule is CC1(C(O)C(=O)O)CO1. The molecule has 0 saturated carbocycles. The summed E-state index contributed by atoms with van der Waals surface area (Å²) in [5, 5.41) is 17.0. The third kappa shape index (κ3) is 1.04. The second-order valence-electron chi connectivity index (χ2n) is 2.34. The van der Waals surface area contributed by atoms with E-state index in [0.717, 1.165) is 0 Å². The van der Waals surface area contributed by atoms with Crippen LogP contribution >= 0.6 is 0 Å². The van der Waals surface area contributed by atoms with Crippen molar-refractivity contribution in [2.75, 3.05) is 6.61 Å². The lowest BCUT2D eigenvalue weighted by atomic mass is 10.1. The van der Waals surface area contributed by atoms with E-state index in [4.69, 9.17) is 10.2 Å². The highest BCUT2D eigenvalue weighted by Gasteiger charge is 2.50. The topological polar surface area (TPSA) is 70.1 Å². The van der Waals surface area contributed by atoms with Crippen LogP contribution in [0.5, 0.6) is 0 Å². The number of aliphatic carboxylic acids is 1. The second kappa shape index (κ2) is 1.68. The van der Waals surface area contributed by atoms with E-state index >= 15 is 0 Å². The zero-order valence-electron chi connectivity index (χ0n) is 5.00. The molecule has 52 valence electrons. The molecule has 1 rings (SSSR count). The van der Waals surface area contributed by atoms with Crippen LogP contribution in [0.2, 0.25) is 0 Å². The fourth-order valence-corrected chi connectivity index (χ4v) is 0.533. The fraction of sp³-hybridized carbons (Fsp3) is 0.800. The van der Waals surface area contributed by atoms with Crippen molar-refractivity contribution in [1.82, 2.24) is 0 Å². The van der Waals surface area contributed by atoms with Gasteiger partial charge in [-0.15, -0.1) is 0 Å². The monoisotopic (exact) mass is 132 g/mol. The van der Waals surface area contributed by atoms with Crippen molar-refractivity contribution >= 4 is 5.97 Å². The predicted molar refractivity (Wildman–Crippen MR) is 28.0 cm³/mol. The number of ether oxygens (including phenoxy) is 1. The summed E-state index contributed by atoms with van der Waals surface area (Å²) in [5.74, 6) is -1.23. The first kappa shape index (κ1) is 6.51. The highest BCUT2D eigenvalue weighted by molar-refractivity contribution is 5.74. The summed E-state index contributed by atoms with van der Waals surface area (Å²) in [5.41, 5.74) is -0.814. The average Bonchev–Trinajstić information content (AvgIpc) is 2.47. The summed E-state index contributed by atoms with van der Waals surface area (Å²) >= 11 is 0. The van der Waals surface area contributed by atoms with Crippen LogP contribution in [0, 0.1) is 0 Å². The van der Waals surface area contributed by atoms with Crippen molar-refractivity contribution < 1.29 is 19.7 Å². The van der Waals surface area contributed by atoms with Crippen molar-refractivity contribution in [3.05, 3.63) is 0 Å². The van der Waals surface area contributed by atoms with Crippen LogP contribution in [0.4, 0.5) is 0 Å². The number of epoxide rings is 1. The molecule has 0 aromatic heterocycles. The zero-order valence-corrected chi connectivity index (χ0v) is 5.00. The third-order valence-electron chi connectivity index (χ3n) is 1.41. The van der Waals surface area contributed by atoms with Crippen LogP contribution in [-0.4, -0.2) is 34.5 Å². The summed E-state index contributed by atoms with van der Waals surface area (Å²) < 4.78 is 4.69. The van der Waals surface area contributed by atoms with E-state index in [1.165, 1.54) is 0 Å². The van der Waals surface area contributed by atoms with Gasteiger partial charge < -0.3 is 14.9 Å². The molecule has 0 spiro atoms. The van der Waals surface area contributed by atoms with Crippen molar-refractivity contribution in [1.29, 1.82) is 0 Å². The van der Waals surface area contributed by atoms with Crippen LogP contribution < -0.4 is 0 Å². The molecule has 4 heteroatoms. The smallest absolute Gasteiger partial charge is 0.335 e. The van der Waals surface area contributed by atoms with E-state index in [1.807, 2.05) is 0 Å². The highest BCUT2D eigenvalue weighted by atomic mass is 16.6. The Kier molecular flexibility index (Phi) is 1.22. The number of aliphatic hydroxyl groups is 1. The number of hydrogen-bond donors (Lipinski definition) is 2. The Balaban J connectivity index is 2.52. The predicted octanol–water partition coefficient (Wildman–Crippen LogP) is -0.779. The minimum atomic E-state index is -1.38. The molecule has 1 aliphatic rings. The Hall–Kier alpha value is -0.610. The Labute approximate surface area is 52.1 Å². The largest absolute Gasteiger partial charge is 0.479 e. The van der Waals surface area contributed by atoms with E-state index in [1.54, 1.807) is 6.92 Å². The summed E-state index contributed by atoms with van der Waals surface area (Å²) in [6.45, 7) is 1.90. The van der Waals surface area contributed by atoms with Gasteiger partial charge >= 0.3 is 5.97 Å². The molecule has 1 fully saturated rings. The van der Waals surface area contributed by atoms with E-state index in [-0.39, 0.29) is 0 Å². The number of hydrogen-bond acceptors (Lipinski definition) is 3. The van der Waals surface area contributed by atoms with Gasteiger partial charge in [0.2, 0.25) is 0 Å². The van der Waals surface area contributed by atoms with Gasteiger partial charge in [-0.2, -0.15) is 0 Å². The maximum absolute atomic E-state index is 10.1. The average molecular weight is 132 g/mol. The van der Waals surface area contributed by atoms with Gasteiger partial charge in [0.25, 0.3) is 0 Å². The second-order valence-corrected chi connectivity index (χ2v) is 2.34. The minimum Gasteiger partial charge on any atom is -0.479 e. The number of carboxylic acid groups (broad SMARTS) is 1. The van der Waals surface area contributed by atoms with E-state index in [9.17, 15) is 4.79 Å². The molecule has 1 aliphatic heterocycles. The van der Waals surface area contributed by atoms with Gasteiger partial charge in [0.1, 0.15) is 5.60 Å². The zero-order chi connectivity index (χ0) is 7.07. The van der Waals surface area contributed by atoms with Gasteiger partial charge in [-0.3, -0.25) is 0 Å². The van der Waals surface area contributed by atoms with Crippen LogP contribution in [0.15, 0.2) is 0 Å². The Morgan fingerprint density at radius 3 is 2.44 bits per heavy atom. The van der Waals surface area contributed by atoms with Gasteiger partial charge in [0, 0.05) is 0 Å². The molecule has 1 saturated heterocycles. The van der Waals surface area contributed by atoms with Crippen molar-refractivity contribution in [2.24, 2.45) is 0 Å². The summed E-state index contributed by atoms with van der Waals surface area (Å²) in [7, 11) is 0. The Morgan fingerprint density at radius 1 is 1.89 bits per heavy atom. The van der Waals surface area contributed by atoms with E-state index in [0.29, 0.717) is 6.61 Å². The van der Waals surface area contributed by atoms with Crippen molar-refractivity contribution in [3.63, 3.8) is 0 Å². The number of rotatable bonds is 2. The molecule has 9 heavy (non-hydrogen) atoms. The lowest BCUT2D eigenvalue weighted by molar-refractivity contribution is -0.149. The molecular weight excluding hydrogens is 124 g/mol. The van der Waals surface area contributed by atoms with Crippen LogP contribution in [0.3, 0.4) is 0 Å². The summed E-state index contributed by atoms with van der Waals surface area (Å²) in [4.78, 5) is 10.1. The van der Waals surface area contributed by atoms with E-state index in [2.05, 4.69) is 4.74 Å². The molecule has 2 atom stereocenters. The molecule has 0 bridgehead atoms. The van der Waals surface area contributed by atoms with Gasteiger partial charge in [-0.25, -0.2) is 4.79 Å². The first-order valence-corrected chi connectivity index (χ1v) is 2.61. The molecule has 0 amide bonds. The lowest BCUT2D eigenvalue weighted by Gasteiger charge is -2.07. The molecular formula is C5H8O4. The molecule has 2 N–H and O–H groups in total. The fourth-order valence-electron chi connectivity index (χ4n) is 0.533. The van der Waals surface area contributed by atoms with Crippen LogP contribution in [0.25, 0.3) is 0 Å². The van der Waals surface area contributed by atoms with Gasteiger partial charge in [-0.1, -0.05) is 0 Å². The normalized spacial score (nSPS) is 35.8. The molecule has 1 heterocycles. The molecule has 0 aliphatic carbocycles. The van der Waals surface area contributed by atoms with Crippen molar-refractivity contribution in [3.8, 4) is 0 Å². The lowest BCUT2D eigenvalue weighted by Crippen LogP contribution is -2.34. The Bertz CT molecular complexity index is 138. The molecule has 4 nitrogen and oxygen atoms in total. The number of carboxylic acids is 1. The minimum absolute atomic E-state index is 0.334. The highest BCUT2D eigenvalue weighted by Crippen LogP contribution is 2.29. The first-order valence-electron chi connectivity index (χ1n) is 2.61. The number of aliphatic hydroxyl groups excluding tert-OH is 1. The maximum Gasteiger partial charge on any atom is 0.335 e. The molecule has 2 unspecified atom stereocenters. The van der Waals surface area contributed by atoms with E-state index < -0.39 is 17.7 Å². The summed E-state index contributed by atoms with van der Waals surface area (Å²) in [6.07, 6.45) is -1.38. The first-order chi connectivity index (χ1) is 4.06. The van der Waals surface area contributed by atoms with Gasteiger partial charge in [-0.05, 0) is 6.92 Å². The third-order valence-corrected chi connectivity index (χ3v) is 1.41. The molecule has 0 radical (unpaired) electrons. The van der Waals surface area contributed by atoms with Gasteiger partial charge in [0.05, 0.1) is 6.61 Å². The standard InChI is InChI=1S/C5H8O4/c1-5(2-9-5)3(6)4(7)8/h3,6H,2H2,1H3,(H,7,8). The maximum atomic E-state index is 10.1. The van der Waals surface area contributed by atoms with Crippen LogP contribution in [0.1, 0.15) is 6.92 Å². The van der Waals surface area contributed by atoms with Crippen LogP contribution in [-0.2, 0) is 9.53 Å². The Morgan fingerprint density at radius 2 is 2.33 bits per heavy atom. The number of carbonyl (C=O) groups is 1. The molecule has 0 aromatic carbocycles. The van der Waals surface area contributed by atoms with Crippen molar-refractivity contribution in [2.45, 2.75) is 18.6 Å². The molecule has 0 aromatic rings. The summed E-state index contributed by atoms with van der Waals surface area (Å²) in [6, 6.07) is 0. The van der Waals surface area contributed by atoms with Gasteiger partial charge in [0.15, 0.2) is 6.10 Å². The quantitative estimate of drug-likeness (QED) is 0.483.